The number of carboxylic acids is 1. The van der Waals surface area contributed by atoms with Gasteiger partial charge in [0.1, 0.15) is 0 Å². The number of halogens is 1. The number of aryl methyl sites for hydroxylation is 1. The summed E-state index contributed by atoms with van der Waals surface area (Å²) in [6, 6.07) is 21.9. The molecule has 3 aromatic rings. The molecule has 0 aromatic heterocycles. The average molecular weight is 572 g/mol. The van der Waals surface area contributed by atoms with Crippen LogP contribution in [0, 0.1) is 12.8 Å². The molecule has 38 heavy (non-hydrogen) atoms. The van der Waals surface area contributed by atoms with Crippen LogP contribution in [0.3, 0.4) is 0 Å². The molecule has 5 nitrogen and oxygen atoms in total. The van der Waals surface area contributed by atoms with Gasteiger partial charge in [-0.05, 0) is 59.2 Å². The lowest BCUT2D eigenvalue weighted by Gasteiger charge is -2.42. The molecule has 0 radical (unpaired) electrons. The van der Waals surface area contributed by atoms with E-state index in [1.165, 1.54) is 9.87 Å². The molecule has 3 aromatic carbocycles. The Kier molecular flexibility index (Phi) is 8.62. The lowest BCUT2D eigenvalue weighted by molar-refractivity contribution is -0.143. The molecule has 1 aliphatic rings. The van der Waals surface area contributed by atoms with Crippen LogP contribution in [0.1, 0.15) is 55.5 Å². The van der Waals surface area contributed by atoms with Crippen molar-refractivity contribution in [3.05, 3.63) is 100 Å². The van der Waals surface area contributed by atoms with Gasteiger partial charge in [0.2, 0.25) is 10.0 Å². The van der Waals surface area contributed by atoms with E-state index >= 15 is 0 Å². The second-order valence-corrected chi connectivity index (χ2v) is 14.4. The molecule has 1 fully saturated rings. The van der Waals surface area contributed by atoms with Crippen LogP contribution in [0.2, 0.25) is 5.02 Å². The van der Waals surface area contributed by atoms with Crippen molar-refractivity contribution >= 4 is 39.4 Å². The third-order valence-electron chi connectivity index (χ3n) is 7.16. The van der Waals surface area contributed by atoms with Crippen molar-refractivity contribution in [2.75, 3.05) is 6.54 Å². The van der Waals surface area contributed by atoms with Gasteiger partial charge in [0.25, 0.3) is 0 Å². The molecule has 4 rings (SSSR count). The number of carboxylic acid groups (broad SMARTS) is 1. The first-order valence-electron chi connectivity index (χ1n) is 12.6. The maximum atomic E-state index is 13.9. The minimum absolute atomic E-state index is 0.0569. The number of thioether (sulfide) groups is 1. The van der Waals surface area contributed by atoms with E-state index in [4.69, 9.17) is 11.6 Å². The number of hydrogen-bond donors (Lipinski definition) is 1. The Balaban J connectivity index is 1.66. The molecule has 3 atom stereocenters. The number of rotatable bonds is 7. The topological polar surface area (TPSA) is 74.7 Å². The van der Waals surface area contributed by atoms with Crippen LogP contribution in [0.5, 0.6) is 0 Å². The maximum absolute atomic E-state index is 13.9. The Morgan fingerprint density at radius 2 is 1.66 bits per heavy atom. The third-order valence-corrected chi connectivity index (χ3v) is 10.9. The second kappa shape index (κ2) is 11.4. The van der Waals surface area contributed by atoms with Gasteiger partial charge in [-0.1, -0.05) is 87.0 Å². The fraction of sp³-hybridized carbons (Fsp3) is 0.367. The maximum Gasteiger partial charge on any atom is 0.308 e. The van der Waals surface area contributed by atoms with Gasteiger partial charge in [-0.25, -0.2) is 8.42 Å². The van der Waals surface area contributed by atoms with Gasteiger partial charge >= 0.3 is 5.97 Å². The Labute approximate surface area is 235 Å². The van der Waals surface area contributed by atoms with E-state index in [-0.39, 0.29) is 22.1 Å². The van der Waals surface area contributed by atoms with E-state index in [1.54, 1.807) is 55.1 Å². The van der Waals surface area contributed by atoms with Crippen molar-refractivity contribution < 1.29 is 18.3 Å². The highest BCUT2D eigenvalue weighted by molar-refractivity contribution is 7.99. The van der Waals surface area contributed by atoms with E-state index in [2.05, 4.69) is 45.0 Å². The Bertz CT molecular complexity index is 1380. The van der Waals surface area contributed by atoms with Crippen LogP contribution < -0.4 is 0 Å². The summed E-state index contributed by atoms with van der Waals surface area (Å²) in [5.74, 6) is -1.17. The molecular weight excluding hydrogens is 538 g/mol. The first-order valence-corrected chi connectivity index (χ1v) is 15.5. The van der Waals surface area contributed by atoms with E-state index in [0.717, 1.165) is 11.1 Å². The number of benzene rings is 3. The fourth-order valence-electron chi connectivity index (χ4n) is 4.89. The molecular formula is C30H34ClNO4S2. The predicted octanol–water partition coefficient (Wildman–Crippen LogP) is 7.08. The molecule has 1 aliphatic heterocycles. The SMILES string of the molecule is Cc1ccccc1S(=O)(=O)N1C[C@@H](C(=O)O)[C@H](SCc2ccc(C(C)(C)C)cc2)C[C@H]1c1ccc(Cl)cc1. The average Bonchev–Trinajstić information content (AvgIpc) is 2.87. The number of carbonyl (C=O) groups is 1. The largest absolute Gasteiger partial charge is 0.481 e. The lowest BCUT2D eigenvalue weighted by atomic mass is 9.87. The van der Waals surface area contributed by atoms with Gasteiger partial charge < -0.3 is 5.11 Å². The smallest absolute Gasteiger partial charge is 0.308 e. The molecule has 8 heteroatoms. The number of hydrogen-bond acceptors (Lipinski definition) is 4. The molecule has 1 N–H and O–H groups in total. The fourth-order valence-corrected chi connectivity index (χ4v) is 8.25. The molecule has 0 spiro atoms. The monoisotopic (exact) mass is 571 g/mol. The van der Waals surface area contributed by atoms with Crippen LogP contribution >= 0.6 is 23.4 Å². The van der Waals surface area contributed by atoms with Crippen molar-refractivity contribution in [1.29, 1.82) is 0 Å². The first kappa shape index (κ1) is 28.7. The molecule has 1 saturated heterocycles. The van der Waals surface area contributed by atoms with E-state index in [9.17, 15) is 18.3 Å². The Morgan fingerprint density at radius 1 is 1.03 bits per heavy atom. The van der Waals surface area contributed by atoms with Gasteiger partial charge in [-0.15, -0.1) is 0 Å². The molecule has 1 heterocycles. The van der Waals surface area contributed by atoms with Crippen molar-refractivity contribution in [3.63, 3.8) is 0 Å². The number of sulfonamides is 1. The second-order valence-electron chi connectivity index (χ2n) is 10.9. The van der Waals surface area contributed by atoms with E-state index in [1.807, 2.05) is 12.1 Å². The van der Waals surface area contributed by atoms with Crippen molar-refractivity contribution in [1.82, 2.24) is 4.31 Å². The van der Waals surface area contributed by atoms with Crippen molar-refractivity contribution in [3.8, 4) is 0 Å². The predicted molar refractivity (Wildman–Crippen MR) is 155 cm³/mol. The van der Waals surface area contributed by atoms with Crippen LogP contribution in [-0.4, -0.2) is 35.6 Å². The zero-order valence-electron chi connectivity index (χ0n) is 22.1. The number of aliphatic carboxylic acids is 1. The van der Waals surface area contributed by atoms with E-state index < -0.39 is 28.0 Å². The zero-order valence-corrected chi connectivity index (χ0v) is 24.5. The summed E-state index contributed by atoms with van der Waals surface area (Å²) in [4.78, 5) is 12.6. The highest BCUT2D eigenvalue weighted by atomic mass is 35.5. The summed E-state index contributed by atoms with van der Waals surface area (Å²) in [7, 11) is -3.95. The number of nitrogens with zero attached hydrogens (tertiary/aromatic N) is 1. The molecule has 0 aliphatic carbocycles. The van der Waals surface area contributed by atoms with Crippen LogP contribution in [-0.2, 0) is 26.0 Å². The minimum Gasteiger partial charge on any atom is -0.481 e. The van der Waals surface area contributed by atoms with Gasteiger partial charge in [0.05, 0.1) is 16.9 Å². The lowest BCUT2D eigenvalue weighted by Crippen LogP contribution is -2.49. The summed E-state index contributed by atoms with van der Waals surface area (Å²) in [6.07, 6.45) is 0.383. The molecule has 0 amide bonds. The van der Waals surface area contributed by atoms with E-state index in [0.29, 0.717) is 22.8 Å². The van der Waals surface area contributed by atoms with Crippen LogP contribution in [0.4, 0.5) is 0 Å². The van der Waals surface area contributed by atoms with Gasteiger partial charge in [0.15, 0.2) is 0 Å². The third kappa shape index (κ3) is 6.28. The summed E-state index contributed by atoms with van der Waals surface area (Å²) >= 11 is 7.72. The van der Waals surface area contributed by atoms with Gasteiger partial charge in [0, 0.05) is 22.6 Å². The molecule has 0 saturated carbocycles. The normalized spacial score (nSPS) is 20.8. The highest BCUT2D eigenvalue weighted by Gasteiger charge is 2.45. The standard InChI is InChI=1S/C30H34ClNO4S2/c1-20-7-5-6-8-28(20)38(35,36)32-18-25(29(33)34)27(17-26(32)22-11-15-24(31)16-12-22)37-19-21-9-13-23(14-10-21)30(2,3)4/h5-16,25-27H,17-19H2,1-4H3,(H,33,34)/t25-,26+,27-/m1/s1. The summed E-state index contributed by atoms with van der Waals surface area (Å²) in [5, 5.41) is 10.5. The summed E-state index contributed by atoms with van der Waals surface area (Å²) in [5.41, 5.74) is 3.85. The zero-order chi connectivity index (χ0) is 27.7. The first-order chi connectivity index (χ1) is 17.9. The van der Waals surface area contributed by atoms with Gasteiger partial charge in [-0.2, -0.15) is 16.1 Å². The highest BCUT2D eigenvalue weighted by Crippen LogP contribution is 2.43. The Morgan fingerprint density at radius 3 is 2.24 bits per heavy atom. The van der Waals surface area contributed by atoms with Crippen LogP contribution in [0.15, 0.2) is 77.7 Å². The van der Waals surface area contributed by atoms with Crippen molar-refractivity contribution in [2.45, 2.75) is 61.5 Å². The Hall–Kier alpha value is -2.32. The quantitative estimate of drug-likeness (QED) is 0.328. The summed E-state index contributed by atoms with van der Waals surface area (Å²) < 4.78 is 29.2. The molecule has 0 unspecified atom stereocenters. The van der Waals surface area contributed by atoms with Gasteiger partial charge in [-0.3, -0.25) is 4.79 Å². The van der Waals surface area contributed by atoms with Crippen LogP contribution in [0.25, 0.3) is 0 Å². The van der Waals surface area contributed by atoms with Crippen molar-refractivity contribution in [2.24, 2.45) is 5.92 Å². The minimum atomic E-state index is -3.95. The number of piperidine rings is 1. The summed E-state index contributed by atoms with van der Waals surface area (Å²) in [6.45, 7) is 8.17. The molecule has 202 valence electrons. The molecule has 0 bridgehead atoms.